The van der Waals surface area contributed by atoms with Gasteiger partial charge in [-0.2, -0.15) is 0 Å². The molecule has 1 aromatic rings. The normalized spacial score (nSPS) is 32.5. The highest BCUT2D eigenvalue weighted by atomic mass is 35.5. The maximum Gasteiger partial charge on any atom is 0.312 e. The molecule has 0 aliphatic carbocycles. The van der Waals surface area contributed by atoms with Crippen molar-refractivity contribution in [1.82, 2.24) is 4.90 Å². The third-order valence-electron chi connectivity index (χ3n) is 7.87. The first-order chi connectivity index (χ1) is 17.9. The number of allylic oxidation sites excluding steroid dienone is 1. The standard InChI is InChI=1S/C28H33ClN2O6/c1-18-10-8-11-19(29)23(18)30-15-9-13-28-22(25(33)31(14-5-6-16-32)24(28)26(30)34)21-20(37-28)12-4-2-3-7-17-36-27(21)35/h4,8-13,20-22,24,32H,2-3,5-7,14-17H2,1H3/b12-4-/t20-,21+,22+,24?,28+/m1/s1. The molecule has 198 valence electrons. The highest BCUT2D eigenvalue weighted by Crippen LogP contribution is 2.53. The molecule has 37 heavy (non-hydrogen) atoms. The van der Waals surface area contributed by atoms with Crippen LogP contribution in [0.1, 0.15) is 37.7 Å². The Kier molecular flexibility index (Phi) is 7.43. The third-order valence-corrected chi connectivity index (χ3v) is 8.17. The summed E-state index contributed by atoms with van der Waals surface area (Å²) in [5, 5.41) is 9.79. The molecule has 2 fully saturated rings. The number of nitrogens with zero attached hydrogens (tertiary/aromatic N) is 2. The van der Waals surface area contributed by atoms with Crippen LogP contribution in [0.25, 0.3) is 0 Å². The van der Waals surface area contributed by atoms with Crippen LogP contribution in [0.5, 0.6) is 0 Å². The van der Waals surface area contributed by atoms with Crippen molar-refractivity contribution in [1.29, 1.82) is 0 Å². The maximum atomic E-state index is 14.4. The minimum Gasteiger partial charge on any atom is -0.465 e. The largest absolute Gasteiger partial charge is 0.465 e. The zero-order valence-electron chi connectivity index (χ0n) is 21.0. The van der Waals surface area contributed by atoms with E-state index in [-0.39, 0.29) is 31.5 Å². The summed E-state index contributed by atoms with van der Waals surface area (Å²) in [7, 11) is 0. The molecule has 4 aliphatic heterocycles. The number of likely N-dealkylation sites (tertiary alicyclic amines) is 1. The number of unbranched alkanes of at least 4 members (excludes halogenated alkanes) is 1. The van der Waals surface area contributed by atoms with Crippen LogP contribution in [0.3, 0.4) is 0 Å². The van der Waals surface area contributed by atoms with Gasteiger partial charge in [0.15, 0.2) is 0 Å². The molecular formula is C28H33ClN2O6. The lowest BCUT2D eigenvalue weighted by Crippen LogP contribution is -2.55. The van der Waals surface area contributed by atoms with E-state index in [9.17, 15) is 19.5 Å². The van der Waals surface area contributed by atoms with Crippen LogP contribution in [0.2, 0.25) is 5.02 Å². The number of halogens is 1. The molecular weight excluding hydrogens is 496 g/mol. The van der Waals surface area contributed by atoms with Gasteiger partial charge in [-0.3, -0.25) is 14.4 Å². The Labute approximate surface area is 221 Å². The summed E-state index contributed by atoms with van der Waals surface area (Å²) in [6.07, 6.45) is 10.3. The summed E-state index contributed by atoms with van der Waals surface area (Å²) in [6, 6.07) is 4.48. The van der Waals surface area contributed by atoms with Gasteiger partial charge in [-0.05, 0) is 50.7 Å². The van der Waals surface area contributed by atoms with E-state index in [1.165, 1.54) is 0 Å². The number of aliphatic hydroxyl groups excluding tert-OH is 1. The Bertz CT molecular complexity index is 1120. The van der Waals surface area contributed by atoms with Gasteiger partial charge in [0.1, 0.15) is 17.6 Å². The SMILES string of the molecule is Cc1cccc(Cl)c1N1CC=C[C@]23O[C@@H]4/C=C\CCCCOC(=O)[C@@H]4[C@H]2C(=O)N(CCCCO)C3C1=O. The minimum absolute atomic E-state index is 0.0155. The van der Waals surface area contributed by atoms with Gasteiger partial charge < -0.3 is 24.4 Å². The first kappa shape index (κ1) is 25.9. The molecule has 1 unspecified atom stereocenters. The van der Waals surface area contributed by atoms with E-state index in [0.717, 1.165) is 24.8 Å². The van der Waals surface area contributed by atoms with E-state index in [1.807, 2.05) is 43.4 Å². The summed E-state index contributed by atoms with van der Waals surface area (Å²) in [5.74, 6) is -2.80. The van der Waals surface area contributed by atoms with Gasteiger partial charge in [-0.1, -0.05) is 48.0 Å². The molecule has 4 heterocycles. The predicted octanol–water partition coefficient (Wildman–Crippen LogP) is 3.19. The third kappa shape index (κ3) is 4.39. The van der Waals surface area contributed by atoms with Crippen LogP contribution in [0.4, 0.5) is 5.69 Å². The number of amides is 2. The Morgan fingerprint density at radius 2 is 1.97 bits per heavy atom. The van der Waals surface area contributed by atoms with Crippen molar-refractivity contribution < 1.29 is 29.0 Å². The van der Waals surface area contributed by atoms with Crippen molar-refractivity contribution in [2.75, 3.05) is 31.2 Å². The van der Waals surface area contributed by atoms with E-state index < -0.39 is 35.6 Å². The van der Waals surface area contributed by atoms with Crippen LogP contribution < -0.4 is 4.90 Å². The van der Waals surface area contributed by atoms with E-state index in [1.54, 1.807) is 15.9 Å². The average molecular weight is 529 g/mol. The summed E-state index contributed by atoms with van der Waals surface area (Å²) in [5.41, 5.74) is 0.119. The fourth-order valence-corrected chi connectivity index (χ4v) is 6.54. The van der Waals surface area contributed by atoms with Gasteiger partial charge in [0.2, 0.25) is 5.91 Å². The molecule has 5 atom stereocenters. The predicted molar refractivity (Wildman–Crippen MR) is 138 cm³/mol. The summed E-state index contributed by atoms with van der Waals surface area (Å²) >= 11 is 6.56. The fourth-order valence-electron chi connectivity index (χ4n) is 6.22. The lowest BCUT2D eigenvalue weighted by molar-refractivity contribution is -0.154. The quantitative estimate of drug-likeness (QED) is 0.358. The molecule has 1 N–H and O–H groups in total. The van der Waals surface area contributed by atoms with E-state index in [4.69, 9.17) is 21.1 Å². The number of aliphatic hydroxyl groups is 1. The van der Waals surface area contributed by atoms with Crippen LogP contribution in [-0.2, 0) is 23.9 Å². The van der Waals surface area contributed by atoms with Crippen molar-refractivity contribution in [3.63, 3.8) is 0 Å². The second kappa shape index (κ2) is 10.6. The highest BCUT2D eigenvalue weighted by molar-refractivity contribution is 6.34. The number of ether oxygens (including phenoxy) is 2. The molecule has 5 rings (SSSR count). The Balaban J connectivity index is 1.61. The molecule has 9 heteroatoms. The fraction of sp³-hybridized carbons (Fsp3) is 0.536. The topological polar surface area (TPSA) is 96.4 Å². The van der Waals surface area contributed by atoms with Gasteiger partial charge in [-0.25, -0.2) is 0 Å². The zero-order valence-corrected chi connectivity index (χ0v) is 21.7. The maximum absolute atomic E-state index is 14.4. The Morgan fingerprint density at radius 3 is 2.76 bits per heavy atom. The van der Waals surface area contributed by atoms with Gasteiger partial charge in [-0.15, -0.1) is 0 Å². The molecule has 2 saturated heterocycles. The number of esters is 1. The molecule has 0 radical (unpaired) electrons. The number of fused-ring (bicyclic) bond motifs is 2. The molecule has 0 bridgehead atoms. The molecule has 2 amide bonds. The Morgan fingerprint density at radius 1 is 1.14 bits per heavy atom. The van der Waals surface area contributed by atoms with Crippen LogP contribution in [0.15, 0.2) is 42.5 Å². The second-order valence-electron chi connectivity index (χ2n) is 10.2. The minimum atomic E-state index is -1.32. The van der Waals surface area contributed by atoms with Crippen LogP contribution >= 0.6 is 11.6 Å². The number of carbonyl (C=O) groups is 3. The van der Waals surface area contributed by atoms with E-state index >= 15 is 0 Å². The second-order valence-corrected chi connectivity index (χ2v) is 10.6. The number of aryl methyl sites for hydroxylation is 1. The number of anilines is 1. The lowest BCUT2D eigenvalue weighted by atomic mass is 9.78. The first-order valence-corrected chi connectivity index (χ1v) is 13.4. The average Bonchev–Trinajstić information content (AvgIpc) is 3.25. The molecule has 4 aliphatic rings. The number of para-hydroxylation sites is 1. The van der Waals surface area contributed by atoms with Crippen molar-refractivity contribution in [2.45, 2.75) is 56.8 Å². The monoisotopic (exact) mass is 528 g/mol. The van der Waals surface area contributed by atoms with E-state index in [0.29, 0.717) is 30.2 Å². The van der Waals surface area contributed by atoms with Crippen LogP contribution in [0, 0.1) is 18.8 Å². The van der Waals surface area contributed by atoms with Gasteiger partial charge >= 0.3 is 5.97 Å². The first-order valence-electron chi connectivity index (χ1n) is 13.1. The number of hydrogen-bond donors (Lipinski definition) is 1. The number of rotatable bonds is 5. The van der Waals surface area contributed by atoms with Crippen molar-refractivity contribution in [3.05, 3.63) is 53.1 Å². The molecule has 0 aromatic heterocycles. The smallest absolute Gasteiger partial charge is 0.312 e. The molecule has 8 nitrogen and oxygen atoms in total. The number of carbonyl (C=O) groups excluding carboxylic acids is 3. The van der Waals surface area contributed by atoms with Crippen molar-refractivity contribution in [2.24, 2.45) is 11.8 Å². The summed E-state index contributed by atoms with van der Waals surface area (Å²) in [4.78, 5) is 44.9. The molecule has 1 spiro atoms. The molecule has 0 saturated carbocycles. The van der Waals surface area contributed by atoms with Crippen molar-refractivity contribution in [3.8, 4) is 0 Å². The van der Waals surface area contributed by atoms with Crippen molar-refractivity contribution >= 4 is 35.1 Å². The number of benzene rings is 1. The summed E-state index contributed by atoms with van der Waals surface area (Å²) in [6.45, 7) is 2.69. The van der Waals surface area contributed by atoms with Crippen LogP contribution in [-0.4, -0.2) is 71.8 Å². The van der Waals surface area contributed by atoms with E-state index in [2.05, 4.69) is 0 Å². The Hall–Kier alpha value is -2.68. The number of hydrogen-bond acceptors (Lipinski definition) is 6. The summed E-state index contributed by atoms with van der Waals surface area (Å²) < 4.78 is 12.2. The highest BCUT2D eigenvalue weighted by Gasteiger charge is 2.71. The van der Waals surface area contributed by atoms with Gasteiger partial charge in [0, 0.05) is 19.7 Å². The van der Waals surface area contributed by atoms with Gasteiger partial charge in [0.25, 0.3) is 5.91 Å². The zero-order chi connectivity index (χ0) is 26.2. The number of cyclic esters (lactones) is 1. The molecule has 1 aromatic carbocycles. The lowest BCUT2D eigenvalue weighted by Gasteiger charge is -2.36. The van der Waals surface area contributed by atoms with Gasteiger partial charge in [0.05, 0.1) is 29.3 Å².